The van der Waals surface area contributed by atoms with Gasteiger partial charge in [-0.15, -0.1) is 5.75 Å². The molecule has 284 valence electrons. The summed E-state index contributed by atoms with van der Waals surface area (Å²) in [5.74, 6) is 1.27. The van der Waals surface area contributed by atoms with Gasteiger partial charge < -0.3 is 24.2 Å². The van der Waals surface area contributed by atoms with Crippen molar-refractivity contribution in [2.75, 3.05) is 0 Å². The van der Waals surface area contributed by atoms with Gasteiger partial charge in [-0.1, -0.05) is 108 Å². The van der Waals surface area contributed by atoms with E-state index in [1.165, 1.54) is 93.5 Å². The second-order valence-corrected chi connectivity index (χ2v) is 15.5. The van der Waals surface area contributed by atoms with E-state index in [0.29, 0.717) is 23.0 Å². The average Bonchev–Trinajstić information content (AvgIpc) is 3.08. The topological polar surface area (TPSA) is 173 Å². The number of phenols is 1. The molecule has 0 radical (unpaired) electrons. The van der Waals surface area contributed by atoms with Crippen LogP contribution in [-0.4, -0.2) is 68.8 Å². The van der Waals surface area contributed by atoms with E-state index in [9.17, 15) is 36.2 Å². The van der Waals surface area contributed by atoms with Crippen molar-refractivity contribution in [3.8, 4) is 34.5 Å². The number of aromatic hydroxyl groups is 1. The van der Waals surface area contributed by atoms with Gasteiger partial charge >= 0.3 is 37.7 Å². The molecule has 0 atom stereocenters. The van der Waals surface area contributed by atoms with Gasteiger partial charge in [0.05, 0.1) is 9.79 Å². The first-order chi connectivity index (χ1) is 24.8. The van der Waals surface area contributed by atoms with Crippen LogP contribution in [0.2, 0.25) is 0 Å². The van der Waals surface area contributed by atoms with Crippen LogP contribution in [0.1, 0.15) is 102 Å². The molecule has 0 fully saturated rings. The minimum Gasteiger partial charge on any atom is -0.872 e. The number of benzene rings is 4. The normalized spacial score (nSPS) is 11.2. The van der Waals surface area contributed by atoms with Crippen LogP contribution in [0, 0.1) is 0 Å². The second-order valence-electron chi connectivity index (χ2n) is 12.7. The number of hydrogen-bond acceptors (Lipinski definition) is 9. The third-order valence-electron chi connectivity index (χ3n) is 8.34. The fourth-order valence-corrected chi connectivity index (χ4v) is 6.50. The van der Waals surface area contributed by atoms with Gasteiger partial charge in [0.15, 0.2) is 0 Å². The molecule has 0 saturated carbocycles. The minimum atomic E-state index is -4.57. The maximum Gasteiger partial charge on any atom is 2.00 e. The molecule has 0 spiro atoms. The Labute approximate surface area is 345 Å². The van der Waals surface area contributed by atoms with Gasteiger partial charge in [0, 0.05) is 12.1 Å². The van der Waals surface area contributed by atoms with E-state index in [4.69, 9.17) is 9.47 Å². The standard InChI is InChI=1S/2C20H26O5S.Ca/c2*1-2-3-4-5-6-7-9-16-12-13-19(26(22,23)24)15-20(16)25-18-11-8-10-17(21)14-18;/h2*8,10-15,21H,2-7,9H2,1H3,(H,22,23,24);/q;;+2/p-2. The smallest absolute Gasteiger partial charge is 0.872 e. The first kappa shape index (κ1) is 46.3. The van der Waals surface area contributed by atoms with Crippen molar-refractivity contribution in [2.45, 2.75) is 114 Å². The number of phenolic OH excluding ortho intramolecular Hbond substituents is 1. The first-order valence-electron chi connectivity index (χ1n) is 17.9. The predicted octanol–water partition coefficient (Wildman–Crippen LogP) is 9.31. The van der Waals surface area contributed by atoms with Crippen LogP contribution in [0.25, 0.3) is 0 Å². The fraction of sp³-hybridized carbons (Fsp3) is 0.400. The molecule has 2 N–H and O–H groups in total. The van der Waals surface area contributed by atoms with Gasteiger partial charge in [0.2, 0.25) is 0 Å². The largest absolute Gasteiger partial charge is 2.00 e. The van der Waals surface area contributed by atoms with Gasteiger partial charge in [0.25, 0.3) is 10.1 Å². The zero-order valence-corrected chi connectivity index (χ0v) is 34.5. The molecule has 0 aliphatic rings. The van der Waals surface area contributed by atoms with Crippen LogP contribution in [0.5, 0.6) is 34.5 Å². The second kappa shape index (κ2) is 23.8. The number of ether oxygens (including phenoxy) is 2. The monoisotopic (exact) mass is 794 g/mol. The number of unbranched alkanes of at least 4 members (excludes halogenated alkanes) is 10. The summed E-state index contributed by atoms with van der Waals surface area (Å²) in [7, 11) is -8.88. The number of rotatable bonds is 20. The van der Waals surface area contributed by atoms with Crippen molar-refractivity contribution >= 4 is 58.0 Å². The van der Waals surface area contributed by atoms with Crippen molar-refractivity contribution in [2.24, 2.45) is 0 Å². The zero-order valence-electron chi connectivity index (χ0n) is 30.7. The molecule has 53 heavy (non-hydrogen) atoms. The van der Waals surface area contributed by atoms with Gasteiger partial charge in [-0.05, 0) is 79.3 Å². The van der Waals surface area contributed by atoms with E-state index in [1.807, 2.05) is 0 Å². The molecule has 0 aliphatic carbocycles. The van der Waals surface area contributed by atoms with Gasteiger partial charge in [-0.25, -0.2) is 8.42 Å². The zero-order chi connectivity index (χ0) is 38.0. The van der Waals surface area contributed by atoms with Crippen molar-refractivity contribution in [1.82, 2.24) is 0 Å². The van der Waals surface area contributed by atoms with E-state index < -0.39 is 20.2 Å². The van der Waals surface area contributed by atoms with Crippen LogP contribution >= 0.6 is 0 Å². The molecule has 0 aromatic heterocycles. The Bertz CT molecular complexity index is 1780. The van der Waals surface area contributed by atoms with Gasteiger partial charge in [-0.2, -0.15) is 8.42 Å². The Hall–Kier alpha value is -2.84. The predicted molar refractivity (Wildman–Crippen MR) is 205 cm³/mol. The summed E-state index contributed by atoms with van der Waals surface area (Å²) in [6, 6.07) is 20.8. The van der Waals surface area contributed by atoms with Crippen molar-refractivity contribution < 1.29 is 45.6 Å². The molecule has 0 amide bonds. The van der Waals surface area contributed by atoms with Crippen molar-refractivity contribution in [3.05, 3.63) is 96.1 Å². The molecule has 0 heterocycles. The SMILES string of the molecule is CCCCCCCCc1ccc(S(=O)(=O)O)cc1Oc1cccc(O)c1.CCCCCCCCc1ccc(S(=O)(=O)[O-])cc1Oc1cccc([O-])c1.[Ca+2]. The quantitative estimate of drug-likeness (QED) is 0.0499. The summed E-state index contributed by atoms with van der Waals surface area (Å²) < 4.78 is 77.5. The fourth-order valence-electron chi connectivity index (χ4n) is 5.52. The third-order valence-corrected chi connectivity index (χ3v) is 10.0. The van der Waals surface area contributed by atoms with Crippen molar-refractivity contribution in [1.29, 1.82) is 0 Å². The molecule has 0 saturated heterocycles. The van der Waals surface area contributed by atoms with E-state index in [-0.39, 0.29) is 59.0 Å². The molecule has 0 aliphatic heterocycles. The molecular weight excluding hydrogens is 745 g/mol. The average molecular weight is 795 g/mol. The molecule has 10 nitrogen and oxygen atoms in total. The minimum absolute atomic E-state index is 0. The first-order valence-corrected chi connectivity index (χ1v) is 20.8. The number of aryl methyl sites for hydroxylation is 2. The van der Waals surface area contributed by atoms with Gasteiger partial charge in [0.1, 0.15) is 38.9 Å². The summed E-state index contributed by atoms with van der Waals surface area (Å²) in [6.07, 6.45) is 15.2. The molecule has 0 bridgehead atoms. The Balaban J connectivity index is 0.000000360. The summed E-state index contributed by atoms with van der Waals surface area (Å²) in [4.78, 5) is -0.545. The summed E-state index contributed by atoms with van der Waals surface area (Å²) in [5.41, 5.74) is 1.69. The van der Waals surface area contributed by atoms with Crippen LogP contribution < -0.4 is 14.6 Å². The van der Waals surface area contributed by atoms with Crippen LogP contribution in [0.15, 0.2) is 94.7 Å². The summed E-state index contributed by atoms with van der Waals surface area (Å²) >= 11 is 0. The van der Waals surface area contributed by atoms with Crippen LogP contribution in [0.3, 0.4) is 0 Å². The van der Waals surface area contributed by atoms with E-state index >= 15 is 0 Å². The van der Waals surface area contributed by atoms with Crippen LogP contribution in [-0.2, 0) is 33.1 Å². The summed E-state index contributed by atoms with van der Waals surface area (Å²) in [6.45, 7) is 4.36. The Morgan fingerprint density at radius 2 is 1.04 bits per heavy atom. The molecule has 4 rings (SSSR count). The van der Waals surface area contributed by atoms with Gasteiger partial charge in [-0.3, -0.25) is 4.55 Å². The summed E-state index contributed by atoms with van der Waals surface area (Å²) in [5, 5.41) is 21.0. The maximum atomic E-state index is 11.5. The van der Waals surface area contributed by atoms with E-state index in [2.05, 4.69) is 13.8 Å². The molecule has 13 heteroatoms. The molecular formula is C40H50CaO10S2. The maximum absolute atomic E-state index is 11.5. The molecule has 4 aromatic carbocycles. The van der Waals surface area contributed by atoms with E-state index in [1.54, 1.807) is 36.4 Å². The Morgan fingerprint density at radius 3 is 1.51 bits per heavy atom. The Kier molecular flexibility index (Phi) is 20.8. The van der Waals surface area contributed by atoms with Crippen LogP contribution in [0.4, 0.5) is 0 Å². The molecule has 0 unspecified atom stereocenters. The number of hydrogen-bond donors (Lipinski definition) is 2. The van der Waals surface area contributed by atoms with E-state index in [0.717, 1.165) is 56.1 Å². The third kappa shape index (κ3) is 17.4. The molecule has 4 aromatic rings. The van der Waals surface area contributed by atoms with Crippen molar-refractivity contribution in [3.63, 3.8) is 0 Å². The Morgan fingerprint density at radius 1 is 0.585 bits per heavy atom.